The molecular weight excluding hydrogens is 212 g/mol. The summed E-state index contributed by atoms with van der Waals surface area (Å²) in [5.74, 6) is 0. The van der Waals surface area contributed by atoms with Gasteiger partial charge >= 0.3 is 0 Å². The van der Waals surface area contributed by atoms with E-state index in [-0.39, 0.29) is 5.03 Å². The van der Waals surface area contributed by atoms with Crippen molar-refractivity contribution in [1.29, 1.82) is 0 Å². The highest BCUT2D eigenvalue weighted by atomic mass is 35.7. The van der Waals surface area contributed by atoms with E-state index in [0.717, 1.165) is 18.5 Å². The highest BCUT2D eigenvalue weighted by molar-refractivity contribution is 8.13. The first-order chi connectivity index (χ1) is 6.09. The number of aryl methyl sites for hydroxylation is 1. The first kappa shape index (κ1) is 8.90. The zero-order valence-corrected chi connectivity index (χ0v) is 8.27. The minimum atomic E-state index is -3.71. The molecule has 13 heavy (non-hydrogen) atoms. The van der Waals surface area contributed by atoms with Crippen LogP contribution in [-0.4, -0.2) is 18.4 Å². The van der Waals surface area contributed by atoms with Crippen molar-refractivity contribution in [3.05, 3.63) is 17.6 Å². The Balaban J connectivity index is 2.67. The summed E-state index contributed by atoms with van der Waals surface area (Å²) in [4.78, 5) is 7.69. The quantitative estimate of drug-likeness (QED) is 0.519. The van der Waals surface area contributed by atoms with Crippen LogP contribution in [0.3, 0.4) is 0 Å². The van der Waals surface area contributed by atoms with Gasteiger partial charge in [-0.25, -0.2) is 18.4 Å². The molecule has 4 nitrogen and oxygen atoms in total. The first-order valence-electron chi connectivity index (χ1n) is 3.86. The summed E-state index contributed by atoms with van der Waals surface area (Å²) in [6.07, 6.45) is 3.70. The Hall–Kier alpha value is -0.680. The molecule has 0 N–H and O–H groups in total. The maximum Gasteiger partial charge on any atom is 0.279 e. The fraction of sp³-hybridized carbons (Fsp3) is 0.429. The van der Waals surface area contributed by atoms with Crippen molar-refractivity contribution in [1.82, 2.24) is 9.97 Å². The number of halogens is 1. The van der Waals surface area contributed by atoms with E-state index >= 15 is 0 Å². The molecule has 0 unspecified atom stereocenters. The van der Waals surface area contributed by atoms with Gasteiger partial charge < -0.3 is 0 Å². The summed E-state index contributed by atoms with van der Waals surface area (Å²) >= 11 is 0. The van der Waals surface area contributed by atoms with E-state index in [9.17, 15) is 8.42 Å². The number of rotatable bonds is 1. The van der Waals surface area contributed by atoms with Gasteiger partial charge in [0.2, 0.25) is 0 Å². The molecule has 0 aromatic carbocycles. The second-order valence-electron chi connectivity index (χ2n) is 2.90. The van der Waals surface area contributed by atoms with Crippen LogP contribution in [-0.2, 0) is 21.9 Å². The van der Waals surface area contributed by atoms with Gasteiger partial charge in [0, 0.05) is 21.9 Å². The molecule has 70 valence electrons. The van der Waals surface area contributed by atoms with Gasteiger partial charge in [-0.2, -0.15) is 0 Å². The van der Waals surface area contributed by atoms with Crippen LogP contribution in [0, 0.1) is 0 Å². The predicted octanol–water partition coefficient (Wildman–Crippen LogP) is 0.893. The van der Waals surface area contributed by atoms with Gasteiger partial charge in [0.15, 0.2) is 5.03 Å². The zero-order valence-electron chi connectivity index (χ0n) is 6.70. The van der Waals surface area contributed by atoms with E-state index in [2.05, 4.69) is 9.97 Å². The standard InChI is InChI=1S/C7H7ClN2O2S/c8-13(11,12)7-5-2-1-3-6(5)9-4-10-7/h4H,1-3H2. The third kappa shape index (κ3) is 1.53. The summed E-state index contributed by atoms with van der Waals surface area (Å²) < 4.78 is 22.1. The molecule has 2 rings (SSSR count). The number of fused-ring (bicyclic) bond motifs is 1. The number of hydrogen-bond donors (Lipinski definition) is 0. The second kappa shape index (κ2) is 2.92. The highest BCUT2D eigenvalue weighted by Crippen LogP contribution is 2.26. The van der Waals surface area contributed by atoms with E-state index in [4.69, 9.17) is 10.7 Å². The maximum atomic E-state index is 11.1. The molecule has 1 aromatic heterocycles. The molecule has 6 heteroatoms. The van der Waals surface area contributed by atoms with Crippen molar-refractivity contribution in [2.75, 3.05) is 0 Å². The third-order valence-electron chi connectivity index (χ3n) is 2.07. The lowest BCUT2D eigenvalue weighted by Gasteiger charge is -2.01. The lowest BCUT2D eigenvalue weighted by Crippen LogP contribution is -2.02. The van der Waals surface area contributed by atoms with E-state index < -0.39 is 9.05 Å². The molecule has 1 heterocycles. The van der Waals surface area contributed by atoms with Gasteiger partial charge in [-0.15, -0.1) is 0 Å². The molecule has 0 saturated carbocycles. The molecule has 0 amide bonds. The van der Waals surface area contributed by atoms with Crippen LogP contribution in [0.5, 0.6) is 0 Å². The predicted molar refractivity (Wildman–Crippen MR) is 47.1 cm³/mol. The lowest BCUT2D eigenvalue weighted by molar-refractivity contribution is 0.604. The fourth-order valence-corrected chi connectivity index (χ4v) is 2.63. The van der Waals surface area contributed by atoms with Gasteiger partial charge in [0.1, 0.15) is 6.33 Å². The molecule has 1 aliphatic carbocycles. The average molecular weight is 219 g/mol. The summed E-state index contributed by atoms with van der Waals surface area (Å²) in [5, 5.41) is -0.0170. The topological polar surface area (TPSA) is 59.9 Å². The Morgan fingerprint density at radius 1 is 1.31 bits per heavy atom. The fourth-order valence-electron chi connectivity index (χ4n) is 1.54. The highest BCUT2D eigenvalue weighted by Gasteiger charge is 2.23. The third-order valence-corrected chi connectivity index (χ3v) is 3.32. The second-order valence-corrected chi connectivity index (χ2v) is 5.38. The Morgan fingerprint density at radius 2 is 2.08 bits per heavy atom. The largest absolute Gasteiger partial charge is 0.279 e. The van der Waals surface area contributed by atoms with Gasteiger partial charge in [0.25, 0.3) is 9.05 Å². The summed E-state index contributed by atoms with van der Waals surface area (Å²) in [5.41, 5.74) is 1.51. The number of hydrogen-bond acceptors (Lipinski definition) is 4. The van der Waals surface area contributed by atoms with E-state index in [1.807, 2.05) is 0 Å². The van der Waals surface area contributed by atoms with E-state index in [0.29, 0.717) is 12.0 Å². The van der Waals surface area contributed by atoms with Crippen LogP contribution >= 0.6 is 10.7 Å². The van der Waals surface area contributed by atoms with Gasteiger partial charge in [0.05, 0.1) is 0 Å². The Bertz CT molecular complexity index is 444. The van der Waals surface area contributed by atoms with Gasteiger partial charge in [-0.1, -0.05) is 0 Å². The molecule has 0 atom stereocenters. The zero-order chi connectivity index (χ0) is 9.47. The smallest absolute Gasteiger partial charge is 0.241 e. The van der Waals surface area contributed by atoms with Crippen LogP contribution in [0.15, 0.2) is 11.4 Å². The van der Waals surface area contributed by atoms with Crippen LogP contribution in [0.4, 0.5) is 0 Å². The van der Waals surface area contributed by atoms with Crippen LogP contribution in [0.2, 0.25) is 0 Å². The van der Waals surface area contributed by atoms with Crippen molar-refractivity contribution < 1.29 is 8.42 Å². The molecule has 0 spiro atoms. The summed E-state index contributed by atoms with van der Waals surface area (Å²) in [6.45, 7) is 0. The molecule has 0 bridgehead atoms. The van der Waals surface area contributed by atoms with Gasteiger partial charge in [-0.05, 0) is 19.3 Å². The maximum absolute atomic E-state index is 11.1. The molecule has 1 aromatic rings. The minimum Gasteiger partial charge on any atom is -0.241 e. The number of nitrogens with zero attached hydrogens (tertiary/aromatic N) is 2. The molecule has 0 fully saturated rings. The Labute approximate surface area is 80.4 Å². The Morgan fingerprint density at radius 3 is 2.77 bits per heavy atom. The van der Waals surface area contributed by atoms with E-state index in [1.165, 1.54) is 6.33 Å². The lowest BCUT2D eigenvalue weighted by atomic mass is 10.3. The van der Waals surface area contributed by atoms with Crippen LogP contribution in [0.1, 0.15) is 17.7 Å². The minimum absolute atomic E-state index is 0.0170. The molecule has 0 radical (unpaired) electrons. The first-order valence-corrected chi connectivity index (χ1v) is 6.17. The van der Waals surface area contributed by atoms with E-state index in [1.54, 1.807) is 0 Å². The SMILES string of the molecule is O=S(=O)(Cl)c1ncnc2c1CCC2. The van der Waals surface area contributed by atoms with Crippen molar-refractivity contribution in [2.45, 2.75) is 24.3 Å². The molecule has 0 saturated heterocycles. The van der Waals surface area contributed by atoms with Crippen molar-refractivity contribution in [2.24, 2.45) is 0 Å². The molecular formula is C7H7ClN2O2S. The normalized spacial score (nSPS) is 15.8. The number of aromatic nitrogens is 2. The van der Waals surface area contributed by atoms with Gasteiger partial charge in [-0.3, -0.25) is 0 Å². The van der Waals surface area contributed by atoms with Crippen molar-refractivity contribution in [3.63, 3.8) is 0 Å². The van der Waals surface area contributed by atoms with Crippen molar-refractivity contribution >= 4 is 19.7 Å². The van der Waals surface area contributed by atoms with Crippen LogP contribution in [0.25, 0.3) is 0 Å². The van der Waals surface area contributed by atoms with Crippen LogP contribution < -0.4 is 0 Å². The summed E-state index contributed by atoms with van der Waals surface area (Å²) in [7, 11) is 1.52. The Kier molecular flexibility index (Phi) is 2.00. The monoisotopic (exact) mass is 218 g/mol. The van der Waals surface area contributed by atoms with Crippen molar-refractivity contribution in [3.8, 4) is 0 Å². The summed E-state index contributed by atoms with van der Waals surface area (Å²) in [6, 6.07) is 0. The average Bonchev–Trinajstić information content (AvgIpc) is 2.48. The molecule has 0 aliphatic heterocycles. The molecule has 1 aliphatic rings.